The molecule has 6 aliphatic rings. The van der Waals surface area contributed by atoms with Gasteiger partial charge in [-0.25, -0.2) is 0 Å². The Morgan fingerprint density at radius 1 is 0.404 bits per heavy atom. The summed E-state index contributed by atoms with van der Waals surface area (Å²) < 4.78 is 17.8. The Morgan fingerprint density at radius 3 is 1.07 bits per heavy atom. The molecule has 7 heteroatoms. The summed E-state index contributed by atoms with van der Waals surface area (Å²) in [4.78, 5) is 2.05. The second-order valence-electron chi connectivity index (χ2n) is 18.2. The summed E-state index contributed by atoms with van der Waals surface area (Å²) in [5.74, 6) is 15.2. The average Bonchev–Trinajstić information content (AvgIpc) is 3.73. The van der Waals surface area contributed by atoms with E-state index in [1.54, 1.807) is 11.3 Å². The number of unbranched alkanes of at least 4 members (excludes halogenated alkanes) is 6. The van der Waals surface area contributed by atoms with Crippen LogP contribution in [0.15, 0.2) is 60.7 Å². The molecule has 0 aliphatic carbocycles. The van der Waals surface area contributed by atoms with Crippen LogP contribution in [0.2, 0.25) is 0 Å². The largest absolute Gasteiger partial charge is 0.493 e. The standard InChI is InChI=1S/C50H72N4O2S/c1-3-5-7-9-27-51-31-37-53(38-32-51,39-33-51)29-11-43-55-47-19-13-45(14-20-47)17-23-49-25-26-50(57-49)24-18-46-15-21-48(22-16-46)56-44-12-30-54-40-34-52(35-41-54,36-42-54)28-10-8-6-4-2/h13-16,19-22,25-26H,3-12,27-44H2,1-2H3/q+4. The van der Waals surface area contributed by atoms with E-state index in [1.165, 1.54) is 174 Å². The number of rotatable bonds is 20. The highest BCUT2D eigenvalue weighted by molar-refractivity contribution is 7.13. The lowest BCUT2D eigenvalue weighted by molar-refractivity contribution is -1.08. The molecule has 57 heavy (non-hydrogen) atoms. The zero-order chi connectivity index (χ0) is 39.3. The van der Waals surface area contributed by atoms with Gasteiger partial charge in [-0.15, -0.1) is 11.3 Å². The molecule has 2 aromatic carbocycles. The van der Waals surface area contributed by atoms with Gasteiger partial charge in [0.15, 0.2) is 0 Å². The quantitative estimate of drug-likeness (QED) is 0.0649. The van der Waals surface area contributed by atoms with Crippen molar-refractivity contribution < 1.29 is 27.4 Å². The summed E-state index contributed by atoms with van der Waals surface area (Å²) in [5, 5.41) is 0. The predicted octanol–water partition coefficient (Wildman–Crippen LogP) is 8.57. The van der Waals surface area contributed by atoms with Crippen molar-refractivity contribution in [1.29, 1.82) is 0 Å². The van der Waals surface area contributed by atoms with Crippen molar-refractivity contribution in [3.63, 3.8) is 0 Å². The topological polar surface area (TPSA) is 18.5 Å². The first-order valence-corrected chi connectivity index (χ1v) is 23.7. The fourth-order valence-corrected chi connectivity index (χ4v) is 10.9. The minimum absolute atomic E-state index is 0.790. The van der Waals surface area contributed by atoms with Crippen LogP contribution in [0.5, 0.6) is 11.5 Å². The minimum atomic E-state index is 0.790. The summed E-state index contributed by atoms with van der Waals surface area (Å²) in [7, 11) is 0. The number of piperazine rings is 6. The molecule has 6 nitrogen and oxygen atoms in total. The zero-order valence-electron chi connectivity index (χ0n) is 35.6. The minimum Gasteiger partial charge on any atom is -0.493 e. The van der Waals surface area contributed by atoms with Crippen molar-refractivity contribution in [2.45, 2.75) is 78.1 Å². The Labute approximate surface area is 350 Å². The van der Waals surface area contributed by atoms with Crippen LogP contribution in [0.4, 0.5) is 0 Å². The molecule has 1 aromatic heterocycles. The first-order chi connectivity index (χ1) is 27.9. The number of hydrogen-bond donors (Lipinski definition) is 0. The monoisotopic (exact) mass is 793 g/mol. The molecule has 6 aliphatic heterocycles. The highest BCUT2D eigenvalue weighted by Gasteiger charge is 2.49. The highest BCUT2D eigenvalue weighted by atomic mass is 32.1. The van der Waals surface area contributed by atoms with Crippen LogP contribution < -0.4 is 9.47 Å². The number of benzene rings is 2. The molecule has 3 aromatic rings. The van der Waals surface area contributed by atoms with E-state index in [4.69, 9.17) is 9.47 Å². The number of ether oxygens (including phenoxy) is 2. The van der Waals surface area contributed by atoms with Gasteiger partial charge in [0, 0.05) is 24.0 Å². The van der Waals surface area contributed by atoms with Crippen LogP contribution in [-0.2, 0) is 0 Å². The summed E-state index contributed by atoms with van der Waals surface area (Å²) in [6.07, 6.45) is 13.4. The van der Waals surface area contributed by atoms with Gasteiger partial charge in [0.25, 0.3) is 0 Å². The van der Waals surface area contributed by atoms with Gasteiger partial charge in [0.1, 0.15) is 90.0 Å². The average molecular weight is 793 g/mol. The Morgan fingerprint density at radius 2 is 0.737 bits per heavy atom. The highest BCUT2D eigenvalue weighted by Crippen LogP contribution is 2.29. The number of nitrogens with zero attached hydrogens (tertiary/aromatic N) is 4. The van der Waals surface area contributed by atoms with Crippen molar-refractivity contribution in [3.05, 3.63) is 81.5 Å². The fourth-order valence-electron chi connectivity index (χ4n) is 10.2. The van der Waals surface area contributed by atoms with E-state index in [9.17, 15) is 0 Å². The van der Waals surface area contributed by atoms with E-state index >= 15 is 0 Å². The molecule has 6 saturated heterocycles. The normalized spacial score (nSPS) is 26.0. The molecule has 0 saturated carbocycles. The maximum Gasteiger partial charge on any atom is 0.129 e. The number of hydrogen-bond acceptors (Lipinski definition) is 3. The lowest BCUT2D eigenvalue weighted by Crippen LogP contribution is -2.75. The van der Waals surface area contributed by atoms with Crippen molar-refractivity contribution in [1.82, 2.24) is 0 Å². The van der Waals surface area contributed by atoms with Gasteiger partial charge in [0.2, 0.25) is 0 Å². The lowest BCUT2D eigenvalue weighted by Gasteiger charge is -2.55. The third kappa shape index (κ3) is 11.7. The zero-order valence-corrected chi connectivity index (χ0v) is 36.4. The third-order valence-corrected chi connectivity index (χ3v) is 15.2. The smallest absolute Gasteiger partial charge is 0.129 e. The van der Waals surface area contributed by atoms with Crippen LogP contribution >= 0.6 is 11.3 Å². The van der Waals surface area contributed by atoms with Crippen molar-refractivity contribution in [2.24, 2.45) is 0 Å². The van der Waals surface area contributed by atoms with Gasteiger partial charge >= 0.3 is 0 Å². The van der Waals surface area contributed by atoms with Crippen LogP contribution in [0, 0.1) is 23.7 Å². The Kier molecular flexibility index (Phi) is 14.8. The predicted molar refractivity (Wildman–Crippen MR) is 237 cm³/mol. The molecular formula is C50H72N4O2S+4. The van der Waals surface area contributed by atoms with E-state index in [1.807, 2.05) is 0 Å². The molecule has 0 atom stereocenters. The van der Waals surface area contributed by atoms with Crippen LogP contribution in [-0.4, -0.2) is 136 Å². The summed E-state index contributed by atoms with van der Waals surface area (Å²) in [6.45, 7) is 28.1. The van der Waals surface area contributed by atoms with Crippen LogP contribution in [0.3, 0.4) is 0 Å². The lowest BCUT2D eigenvalue weighted by atomic mass is 10.0. The van der Waals surface area contributed by atoms with Crippen molar-refractivity contribution in [2.75, 3.05) is 118 Å². The first kappa shape index (κ1) is 41.8. The van der Waals surface area contributed by atoms with E-state index in [0.717, 1.165) is 58.4 Å². The van der Waals surface area contributed by atoms with Crippen LogP contribution in [0.1, 0.15) is 98.9 Å². The Bertz CT molecular complexity index is 1650. The molecule has 0 amide bonds. The Balaban J connectivity index is 0.776. The van der Waals surface area contributed by atoms with E-state index < -0.39 is 0 Å². The molecule has 306 valence electrons. The van der Waals surface area contributed by atoms with Gasteiger partial charge < -0.3 is 27.4 Å². The molecule has 7 heterocycles. The van der Waals surface area contributed by atoms with Gasteiger partial charge in [0.05, 0.1) is 49.1 Å². The van der Waals surface area contributed by atoms with Gasteiger partial charge in [-0.2, -0.15) is 0 Å². The molecule has 0 unspecified atom stereocenters. The van der Waals surface area contributed by atoms with Gasteiger partial charge in [-0.1, -0.05) is 63.2 Å². The number of fused-ring (bicyclic) bond motifs is 6. The first-order valence-electron chi connectivity index (χ1n) is 22.9. The molecule has 4 bridgehead atoms. The maximum atomic E-state index is 6.17. The van der Waals surface area contributed by atoms with Gasteiger partial charge in [-0.05, 0) is 86.3 Å². The van der Waals surface area contributed by atoms with E-state index in [0.29, 0.717) is 0 Å². The molecule has 0 radical (unpaired) electrons. The molecule has 9 rings (SSSR count). The van der Waals surface area contributed by atoms with E-state index in [2.05, 4.69) is 98.2 Å². The second kappa shape index (κ2) is 20.1. The summed E-state index contributed by atoms with van der Waals surface area (Å²) >= 11 is 1.64. The SMILES string of the molecule is CCCCCC[N+]12CC[N+](CCCOc3ccc(C#Cc4ccc(C#Cc5ccc(OCCC[N+]67CC[N+](CCCCCC)(CC6)CC7)cc5)s4)cc3)(CC1)CC2. The van der Waals surface area contributed by atoms with E-state index in [-0.39, 0.29) is 0 Å². The van der Waals surface area contributed by atoms with Crippen molar-refractivity contribution in [3.8, 4) is 35.2 Å². The number of quaternary nitrogens is 4. The summed E-state index contributed by atoms with van der Waals surface area (Å²) in [5.41, 5.74) is 2.00. The Hall–Kier alpha value is -3.30. The summed E-state index contributed by atoms with van der Waals surface area (Å²) in [6, 6.07) is 20.7. The maximum absolute atomic E-state index is 6.17. The van der Waals surface area contributed by atoms with Crippen molar-refractivity contribution >= 4 is 11.3 Å². The third-order valence-electron chi connectivity index (χ3n) is 14.3. The molecule has 0 N–H and O–H groups in total. The second-order valence-corrected chi connectivity index (χ2v) is 19.3. The van der Waals surface area contributed by atoms with Gasteiger partial charge in [-0.3, -0.25) is 0 Å². The van der Waals surface area contributed by atoms with Crippen LogP contribution in [0.25, 0.3) is 0 Å². The molecular weight excluding hydrogens is 721 g/mol. The number of thiophene rings is 1. The fraction of sp³-hybridized carbons (Fsp3) is 0.600. The molecule has 0 spiro atoms. The molecule has 6 fully saturated rings.